The molecule has 0 atom stereocenters. The number of likely N-dealkylation sites (tertiary alicyclic amines) is 1. The number of methoxy groups -OCH3 is 1. The molecule has 2 aromatic carbocycles. The zero-order chi connectivity index (χ0) is 42.0. The summed E-state index contributed by atoms with van der Waals surface area (Å²) >= 11 is 13.2. The van der Waals surface area contributed by atoms with E-state index >= 15 is 4.39 Å². The lowest BCUT2D eigenvalue weighted by atomic mass is 9.90. The summed E-state index contributed by atoms with van der Waals surface area (Å²) in [5.74, 6) is -1.93. The third-order valence-electron chi connectivity index (χ3n) is 12.0. The summed E-state index contributed by atoms with van der Waals surface area (Å²) in [6.45, 7) is 8.43. The Morgan fingerprint density at radius 1 is 1.00 bits per heavy atom. The van der Waals surface area contributed by atoms with Crippen LogP contribution in [-0.4, -0.2) is 142 Å². The fourth-order valence-electron chi connectivity index (χ4n) is 8.53. The van der Waals surface area contributed by atoms with Gasteiger partial charge in [0.15, 0.2) is 18.2 Å². The van der Waals surface area contributed by atoms with Gasteiger partial charge in [-0.15, -0.1) is 0 Å². The lowest BCUT2D eigenvalue weighted by Gasteiger charge is -2.46. The Bertz CT molecular complexity index is 2240. The molecule has 3 aliphatic heterocycles. The second-order valence-electron chi connectivity index (χ2n) is 15.8. The van der Waals surface area contributed by atoms with Crippen LogP contribution in [0.25, 0.3) is 22.4 Å². The number of carbonyl (C=O) groups excluding carboxylic acids is 3. The zero-order valence-electron chi connectivity index (χ0n) is 33.3. The third-order valence-corrected chi connectivity index (χ3v) is 12.7. The number of benzene rings is 2. The van der Waals surface area contributed by atoms with Crippen LogP contribution in [0.3, 0.4) is 0 Å². The predicted molar refractivity (Wildman–Crippen MR) is 220 cm³/mol. The van der Waals surface area contributed by atoms with E-state index in [0.29, 0.717) is 98.2 Å². The number of imidazole rings is 1. The molecular formula is C41H49Cl2FN9O6+. The molecule has 0 radical (unpaired) electrons. The molecule has 5 heterocycles. The van der Waals surface area contributed by atoms with Crippen molar-refractivity contribution in [3.8, 4) is 22.4 Å². The molecule has 3 fully saturated rings. The molecule has 18 heteroatoms. The number of nitrogens with one attached hydrogen (secondary N) is 2. The first kappa shape index (κ1) is 42.3. The summed E-state index contributed by atoms with van der Waals surface area (Å²) in [7, 11) is 3.21. The minimum atomic E-state index is -0.806. The van der Waals surface area contributed by atoms with Gasteiger partial charge in [0, 0.05) is 106 Å². The number of halogens is 3. The van der Waals surface area contributed by atoms with Gasteiger partial charge in [-0.3, -0.25) is 19.1 Å². The first-order chi connectivity index (χ1) is 28.3. The largest absolute Gasteiger partial charge is 0.477 e. The number of carbonyl (C=O) groups is 4. The van der Waals surface area contributed by atoms with E-state index in [0.717, 1.165) is 25.3 Å². The SMILES string of the molecule is COCCn1ncc(-c2ccc(-c3cnc(C(=O)Nc4ccc(C(=O)N5CCN(C(=O)C6CC[N+](CC(=O)O)(CC7CNC7)CC6)CC5)c(Cl)c4)n3C)c(F)c2Cl)c1C. The average Bonchev–Trinajstić information content (AvgIpc) is 3.77. The Labute approximate surface area is 351 Å². The number of carboxylic acid groups (broad SMARTS) is 1. The van der Waals surface area contributed by atoms with Crippen molar-refractivity contribution in [2.45, 2.75) is 26.3 Å². The van der Waals surface area contributed by atoms with Gasteiger partial charge in [0.25, 0.3) is 11.8 Å². The molecule has 3 aliphatic rings. The first-order valence-electron chi connectivity index (χ1n) is 19.8. The van der Waals surface area contributed by atoms with Crippen molar-refractivity contribution in [3.05, 3.63) is 75.7 Å². The zero-order valence-corrected chi connectivity index (χ0v) is 34.9. The number of aromatic nitrogens is 4. The molecule has 3 amide bonds. The molecule has 314 valence electrons. The van der Waals surface area contributed by atoms with E-state index in [4.69, 9.17) is 27.9 Å². The monoisotopic (exact) mass is 852 g/mol. The predicted octanol–water partition coefficient (Wildman–Crippen LogP) is 4.42. The highest BCUT2D eigenvalue weighted by molar-refractivity contribution is 6.34. The van der Waals surface area contributed by atoms with E-state index in [1.54, 1.807) is 54.2 Å². The number of hydrogen-bond donors (Lipinski definition) is 3. The molecule has 0 unspecified atom stereocenters. The number of carboxylic acids is 1. The van der Waals surface area contributed by atoms with Gasteiger partial charge >= 0.3 is 5.97 Å². The second kappa shape index (κ2) is 17.8. The molecule has 4 aromatic rings. The van der Waals surface area contributed by atoms with Gasteiger partial charge in [-0.2, -0.15) is 5.10 Å². The molecule has 59 heavy (non-hydrogen) atoms. The van der Waals surface area contributed by atoms with Crippen molar-refractivity contribution >= 4 is 52.6 Å². The normalized spacial score (nSPS) is 19.7. The Morgan fingerprint density at radius 3 is 2.34 bits per heavy atom. The molecule has 2 aromatic heterocycles. The van der Waals surface area contributed by atoms with Gasteiger partial charge in [-0.05, 0) is 31.2 Å². The fraction of sp³-hybridized carbons (Fsp3) is 0.463. The van der Waals surface area contributed by atoms with Crippen molar-refractivity contribution < 1.29 is 37.9 Å². The smallest absolute Gasteiger partial charge is 0.359 e. The maximum Gasteiger partial charge on any atom is 0.359 e. The summed E-state index contributed by atoms with van der Waals surface area (Å²) in [6.07, 6.45) is 4.34. The van der Waals surface area contributed by atoms with Gasteiger partial charge in [0.05, 0.1) is 66.5 Å². The summed E-state index contributed by atoms with van der Waals surface area (Å²) in [5, 5.41) is 20.1. The van der Waals surface area contributed by atoms with E-state index in [2.05, 4.69) is 20.7 Å². The van der Waals surface area contributed by atoms with Crippen molar-refractivity contribution in [1.82, 2.24) is 34.4 Å². The minimum Gasteiger partial charge on any atom is -0.477 e. The van der Waals surface area contributed by atoms with Crippen LogP contribution in [0, 0.1) is 24.6 Å². The van der Waals surface area contributed by atoms with Crippen molar-refractivity contribution in [2.75, 3.05) is 84.5 Å². The molecule has 15 nitrogen and oxygen atoms in total. The van der Waals surface area contributed by atoms with Crippen LogP contribution < -0.4 is 10.6 Å². The minimum absolute atomic E-state index is 0.0108. The number of quaternary nitrogens is 1. The Hall–Kier alpha value is -4.87. The Morgan fingerprint density at radius 2 is 1.69 bits per heavy atom. The lowest BCUT2D eigenvalue weighted by molar-refractivity contribution is -0.929. The first-order valence-corrected chi connectivity index (χ1v) is 20.5. The summed E-state index contributed by atoms with van der Waals surface area (Å²) in [6, 6.07) is 7.91. The van der Waals surface area contributed by atoms with Crippen LogP contribution in [0.1, 0.15) is 39.5 Å². The summed E-state index contributed by atoms with van der Waals surface area (Å²) < 4.78 is 24.7. The number of rotatable bonds is 13. The molecule has 3 saturated heterocycles. The van der Waals surface area contributed by atoms with E-state index in [-0.39, 0.29) is 51.3 Å². The Balaban J connectivity index is 0.939. The lowest BCUT2D eigenvalue weighted by Crippen LogP contribution is -2.62. The molecule has 3 N–H and O–H groups in total. The van der Waals surface area contributed by atoms with E-state index in [1.807, 2.05) is 11.8 Å². The Kier molecular flexibility index (Phi) is 12.7. The van der Waals surface area contributed by atoms with Crippen molar-refractivity contribution in [1.29, 1.82) is 0 Å². The van der Waals surface area contributed by atoms with Gasteiger partial charge in [0.2, 0.25) is 5.91 Å². The molecule has 0 saturated carbocycles. The van der Waals surface area contributed by atoms with E-state index < -0.39 is 17.7 Å². The average molecular weight is 854 g/mol. The number of anilines is 1. The van der Waals surface area contributed by atoms with Gasteiger partial charge in [-0.1, -0.05) is 29.3 Å². The van der Waals surface area contributed by atoms with Crippen LogP contribution in [0.15, 0.2) is 42.7 Å². The number of piperazine rings is 1. The quantitative estimate of drug-likeness (QED) is 0.165. The number of hydrogen-bond acceptors (Lipinski definition) is 8. The van der Waals surface area contributed by atoms with Gasteiger partial charge < -0.3 is 39.3 Å². The number of ether oxygens (including phenoxy) is 1. The highest BCUT2D eigenvalue weighted by Gasteiger charge is 2.42. The van der Waals surface area contributed by atoms with E-state index in [1.165, 1.54) is 16.8 Å². The van der Waals surface area contributed by atoms with Gasteiger partial charge in [0.1, 0.15) is 0 Å². The van der Waals surface area contributed by atoms with Crippen molar-refractivity contribution in [2.24, 2.45) is 18.9 Å². The van der Waals surface area contributed by atoms with Crippen molar-refractivity contribution in [3.63, 3.8) is 0 Å². The maximum atomic E-state index is 15.8. The molecule has 0 bridgehead atoms. The maximum absolute atomic E-state index is 15.8. The molecule has 7 rings (SSSR count). The molecule has 0 spiro atoms. The van der Waals surface area contributed by atoms with Crippen LogP contribution in [0.2, 0.25) is 10.0 Å². The number of aliphatic carboxylic acids is 1. The standard InChI is InChI=1S/C41H48Cl2FN9O6/c1-25-32(21-47-52(25)14-17-59-3)29-6-7-31(37(44)36(29)43)34-22-46-38(49(34)2)39(56)48-28-4-5-30(33(42)18-28)41(58)51-12-10-50(11-13-51)40(57)27-8-15-53(16-9-27,24-35(54)55)23-26-19-45-20-26/h4-7,18,21-22,26-27,45H,8-17,19-20,23-24H2,1-3H3,(H-,48,54,55,56,58)/p+1. The molecular weight excluding hydrogens is 804 g/mol. The number of amides is 3. The highest BCUT2D eigenvalue weighted by atomic mass is 35.5. The topological polar surface area (TPSA) is 164 Å². The summed E-state index contributed by atoms with van der Waals surface area (Å²) in [4.78, 5) is 59.9. The van der Waals surface area contributed by atoms with E-state index in [9.17, 15) is 24.3 Å². The van der Waals surface area contributed by atoms with Gasteiger partial charge in [-0.25, -0.2) is 14.2 Å². The highest BCUT2D eigenvalue weighted by Crippen LogP contribution is 2.37. The van der Waals surface area contributed by atoms with Crippen LogP contribution in [0.5, 0.6) is 0 Å². The fourth-order valence-corrected chi connectivity index (χ4v) is 9.06. The number of piperidine rings is 1. The number of nitrogens with zero attached hydrogens (tertiary/aromatic N) is 7. The van der Waals surface area contributed by atoms with Crippen LogP contribution in [-0.2, 0) is 27.9 Å². The van der Waals surface area contributed by atoms with Crippen LogP contribution >= 0.6 is 23.2 Å². The summed E-state index contributed by atoms with van der Waals surface area (Å²) in [5.41, 5.74) is 3.09. The second-order valence-corrected chi connectivity index (χ2v) is 16.5. The molecule has 0 aliphatic carbocycles. The van der Waals surface area contributed by atoms with Crippen LogP contribution in [0.4, 0.5) is 10.1 Å². The third kappa shape index (κ3) is 8.87.